The number of amides is 1. The lowest BCUT2D eigenvalue weighted by Crippen LogP contribution is -2.48. The van der Waals surface area contributed by atoms with Crippen molar-refractivity contribution in [3.8, 4) is 0 Å². The summed E-state index contributed by atoms with van der Waals surface area (Å²) in [6.45, 7) is 6.29. The zero-order valence-electron chi connectivity index (χ0n) is 18.2. The van der Waals surface area contributed by atoms with Gasteiger partial charge in [-0.2, -0.15) is 5.10 Å². The van der Waals surface area contributed by atoms with Gasteiger partial charge in [0.15, 0.2) is 11.8 Å². The summed E-state index contributed by atoms with van der Waals surface area (Å²) in [6.07, 6.45) is 6.87. The lowest BCUT2D eigenvalue weighted by atomic mass is 9.85. The number of halogens is 1. The minimum Gasteiger partial charge on any atom is -0.357 e. The van der Waals surface area contributed by atoms with Crippen molar-refractivity contribution in [3.63, 3.8) is 0 Å². The maximum absolute atomic E-state index is 12.8. The summed E-state index contributed by atoms with van der Waals surface area (Å²) in [5.41, 5.74) is -0.340. The molecule has 2 aliphatic rings. The number of aryl methyl sites for hydroxylation is 2. The fraction of sp³-hybridized carbons (Fsp3) is 0.800. The average molecular weight is 517 g/mol. The molecule has 3 rings (SSSR count). The zero-order valence-corrected chi connectivity index (χ0v) is 20.5. The molecule has 0 spiro atoms. The summed E-state index contributed by atoms with van der Waals surface area (Å²) in [6, 6.07) is 0.265. The fourth-order valence-electron chi connectivity index (χ4n) is 4.34. The van der Waals surface area contributed by atoms with E-state index in [1.165, 1.54) is 0 Å². The Kier molecular flexibility index (Phi) is 8.72. The van der Waals surface area contributed by atoms with Crippen LogP contribution in [0.1, 0.15) is 57.6 Å². The van der Waals surface area contributed by atoms with E-state index in [9.17, 15) is 4.79 Å². The van der Waals surface area contributed by atoms with E-state index in [4.69, 9.17) is 4.99 Å². The number of hydrogen-bond acceptors (Lipinski definition) is 4. The van der Waals surface area contributed by atoms with Gasteiger partial charge in [0.1, 0.15) is 5.82 Å². The molecule has 1 aromatic rings. The van der Waals surface area contributed by atoms with Crippen molar-refractivity contribution in [2.45, 2.75) is 71.4 Å². The van der Waals surface area contributed by atoms with Gasteiger partial charge in [0.05, 0.1) is 18.5 Å². The predicted molar refractivity (Wildman–Crippen MR) is 126 cm³/mol. The molecule has 1 atom stereocenters. The van der Waals surface area contributed by atoms with E-state index in [1.54, 1.807) is 4.90 Å². The van der Waals surface area contributed by atoms with Crippen LogP contribution >= 0.6 is 24.0 Å². The highest BCUT2D eigenvalue weighted by atomic mass is 127. The van der Waals surface area contributed by atoms with Crippen molar-refractivity contribution in [2.75, 3.05) is 27.2 Å². The van der Waals surface area contributed by atoms with Gasteiger partial charge in [0, 0.05) is 39.5 Å². The Morgan fingerprint density at radius 3 is 2.66 bits per heavy atom. The summed E-state index contributed by atoms with van der Waals surface area (Å²) in [4.78, 5) is 23.9. The molecule has 0 bridgehead atoms. The van der Waals surface area contributed by atoms with Gasteiger partial charge in [-0.3, -0.25) is 9.79 Å². The molecule has 1 aromatic heterocycles. The first kappa shape index (κ1) is 23.9. The van der Waals surface area contributed by atoms with Crippen LogP contribution in [0.15, 0.2) is 4.99 Å². The number of guanidine groups is 1. The Hall–Kier alpha value is -1.39. The molecule has 9 heteroatoms. The second-order valence-corrected chi connectivity index (χ2v) is 8.24. The van der Waals surface area contributed by atoms with Crippen molar-refractivity contribution in [1.29, 1.82) is 0 Å². The first-order valence-electron chi connectivity index (χ1n) is 10.7. The standard InChI is InChI=1S/C20H35N7O.HI/c1-5-16-24-17-10-9-15(13-27(17)25-16)23-19(21-6-2)22-14-20(11-7-8-12-20)18(28)26(3)4;/h15H,5-14H2,1-4H3,(H2,21,22,23);1H. The van der Waals surface area contributed by atoms with Crippen LogP contribution in [-0.2, 0) is 24.2 Å². The van der Waals surface area contributed by atoms with Crippen molar-refractivity contribution in [3.05, 3.63) is 11.6 Å². The minimum absolute atomic E-state index is 0. The first-order valence-corrected chi connectivity index (χ1v) is 10.7. The highest BCUT2D eigenvalue weighted by Crippen LogP contribution is 2.39. The van der Waals surface area contributed by atoms with E-state index < -0.39 is 0 Å². The molecular formula is C20H36IN7O. The van der Waals surface area contributed by atoms with Gasteiger partial charge in [0.25, 0.3) is 0 Å². The van der Waals surface area contributed by atoms with Crippen LogP contribution in [0.3, 0.4) is 0 Å². The van der Waals surface area contributed by atoms with Crippen LogP contribution in [0, 0.1) is 5.41 Å². The molecule has 0 saturated heterocycles. The summed E-state index contributed by atoms with van der Waals surface area (Å²) >= 11 is 0. The monoisotopic (exact) mass is 517 g/mol. The topological polar surface area (TPSA) is 87.4 Å². The minimum atomic E-state index is -0.340. The van der Waals surface area contributed by atoms with Crippen LogP contribution in [0.2, 0.25) is 0 Å². The van der Waals surface area contributed by atoms with E-state index in [0.717, 1.165) is 75.6 Å². The van der Waals surface area contributed by atoms with Crippen molar-refractivity contribution in [1.82, 2.24) is 30.3 Å². The normalized spacial score (nSPS) is 20.6. The molecule has 8 nitrogen and oxygen atoms in total. The van der Waals surface area contributed by atoms with E-state index in [2.05, 4.69) is 34.6 Å². The Balaban J connectivity index is 0.00000300. The molecule has 1 unspecified atom stereocenters. The summed E-state index contributed by atoms with van der Waals surface area (Å²) in [5.74, 6) is 3.01. The fourth-order valence-corrected chi connectivity index (χ4v) is 4.34. The number of aromatic nitrogens is 3. The summed E-state index contributed by atoms with van der Waals surface area (Å²) < 4.78 is 2.03. The summed E-state index contributed by atoms with van der Waals surface area (Å²) in [5, 5.41) is 11.5. The number of carbonyl (C=O) groups is 1. The maximum atomic E-state index is 12.8. The third-order valence-electron chi connectivity index (χ3n) is 5.86. The number of hydrogen-bond donors (Lipinski definition) is 2. The predicted octanol–water partition coefficient (Wildman–Crippen LogP) is 1.98. The molecule has 1 saturated carbocycles. The lowest BCUT2D eigenvalue weighted by Gasteiger charge is -2.30. The largest absolute Gasteiger partial charge is 0.357 e. The number of carbonyl (C=O) groups excluding carboxylic acids is 1. The molecule has 0 radical (unpaired) electrons. The summed E-state index contributed by atoms with van der Waals surface area (Å²) in [7, 11) is 3.69. The van der Waals surface area contributed by atoms with Crippen molar-refractivity contribution >= 4 is 35.8 Å². The van der Waals surface area contributed by atoms with Gasteiger partial charge in [-0.05, 0) is 26.2 Å². The second kappa shape index (κ2) is 10.6. The Morgan fingerprint density at radius 2 is 2.03 bits per heavy atom. The molecular weight excluding hydrogens is 481 g/mol. The molecule has 164 valence electrons. The van der Waals surface area contributed by atoms with Gasteiger partial charge >= 0.3 is 0 Å². The second-order valence-electron chi connectivity index (χ2n) is 8.24. The third kappa shape index (κ3) is 5.61. The van der Waals surface area contributed by atoms with Gasteiger partial charge in [-0.25, -0.2) is 9.67 Å². The maximum Gasteiger partial charge on any atom is 0.230 e. The number of aliphatic imine (C=N–C) groups is 1. The van der Waals surface area contributed by atoms with E-state index in [0.29, 0.717) is 6.54 Å². The highest BCUT2D eigenvalue weighted by Gasteiger charge is 2.42. The Labute approximate surface area is 191 Å². The SMILES string of the molecule is CCNC(=NCC1(C(=O)N(C)C)CCCC1)NC1CCc2nc(CC)nn2C1.I. The van der Waals surface area contributed by atoms with Crippen LogP contribution in [-0.4, -0.2) is 64.8 Å². The molecule has 0 aromatic carbocycles. The number of nitrogens with zero attached hydrogens (tertiary/aromatic N) is 5. The molecule has 2 N–H and O–H groups in total. The molecule has 1 aliphatic carbocycles. The first-order chi connectivity index (χ1) is 13.5. The van der Waals surface area contributed by atoms with E-state index in [-0.39, 0.29) is 41.3 Å². The zero-order chi connectivity index (χ0) is 20.1. The average Bonchev–Trinajstić information content (AvgIpc) is 3.32. The van der Waals surface area contributed by atoms with Gasteiger partial charge in [-0.1, -0.05) is 19.8 Å². The van der Waals surface area contributed by atoms with Crippen LogP contribution in [0.5, 0.6) is 0 Å². The van der Waals surface area contributed by atoms with Crippen LogP contribution in [0.4, 0.5) is 0 Å². The molecule has 1 aliphatic heterocycles. The quantitative estimate of drug-likeness (QED) is 0.343. The smallest absolute Gasteiger partial charge is 0.230 e. The molecule has 1 fully saturated rings. The Morgan fingerprint density at radius 1 is 1.31 bits per heavy atom. The highest BCUT2D eigenvalue weighted by molar-refractivity contribution is 14.0. The number of rotatable bonds is 6. The number of fused-ring (bicyclic) bond motifs is 1. The van der Waals surface area contributed by atoms with Gasteiger partial charge in [0.2, 0.25) is 5.91 Å². The lowest BCUT2D eigenvalue weighted by molar-refractivity contribution is -0.138. The van der Waals surface area contributed by atoms with Gasteiger partial charge < -0.3 is 15.5 Å². The third-order valence-corrected chi connectivity index (χ3v) is 5.86. The van der Waals surface area contributed by atoms with Gasteiger partial charge in [-0.15, -0.1) is 24.0 Å². The number of nitrogens with one attached hydrogen (secondary N) is 2. The van der Waals surface area contributed by atoms with Crippen LogP contribution < -0.4 is 10.6 Å². The van der Waals surface area contributed by atoms with Crippen molar-refractivity contribution < 1.29 is 4.79 Å². The Bertz CT molecular complexity index is 710. The van der Waals surface area contributed by atoms with E-state index in [1.807, 2.05) is 18.8 Å². The molecule has 29 heavy (non-hydrogen) atoms. The van der Waals surface area contributed by atoms with E-state index >= 15 is 0 Å². The van der Waals surface area contributed by atoms with Crippen LogP contribution in [0.25, 0.3) is 0 Å². The molecule has 2 heterocycles. The molecule has 1 amide bonds. The van der Waals surface area contributed by atoms with Crippen molar-refractivity contribution in [2.24, 2.45) is 10.4 Å².